The Bertz CT molecular complexity index is 405. The largest absolute Gasteiger partial charge is 0.651 e. The van der Waals surface area contributed by atoms with E-state index in [0.29, 0.717) is 6.42 Å². The first-order valence-electron chi connectivity index (χ1n) is 8.07. The highest BCUT2D eigenvalue weighted by Gasteiger charge is 2.48. The van der Waals surface area contributed by atoms with Crippen LogP contribution in [0.3, 0.4) is 0 Å². The van der Waals surface area contributed by atoms with Gasteiger partial charge in [0, 0.05) is 0 Å². The standard InChI is InChI=1S/C15H31N2O5P/c1-9(2)7-11(15(20)22-5)17-8-12(18)14(19)13(10(3)4)16-23(17,6)21/h9-14,18-19H,7-8H2,1-6H3,(H,16,21)/t11-,12+,13-,14+,23?/m0/s1. The molecule has 0 saturated carbocycles. The van der Waals surface area contributed by atoms with Crippen molar-refractivity contribution in [3.63, 3.8) is 0 Å². The molecule has 1 heterocycles. The molecule has 0 aromatic carbocycles. The Kier molecular flexibility index (Phi) is 7.38. The Hall–Kier alpha value is -0.300. The third kappa shape index (κ3) is 5.08. The quantitative estimate of drug-likeness (QED) is 0.473. The number of ether oxygens (including phenoxy) is 1. The van der Waals surface area contributed by atoms with Crippen LogP contribution < -0.4 is 9.98 Å². The number of methoxy groups -OCH3 is 1. The molecule has 1 aliphatic heterocycles. The third-order valence-electron chi connectivity index (χ3n) is 4.26. The number of hydrogen-bond acceptors (Lipinski definition) is 7. The number of aliphatic hydroxyl groups excluding tert-OH is 2. The summed E-state index contributed by atoms with van der Waals surface area (Å²) in [4.78, 5) is 25.4. The summed E-state index contributed by atoms with van der Waals surface area (Å²) in [5, 5.41) is 23.6. The van der Waals surface area contributed by atoms with E-state index in [1.807, 2.05) is 27.7 Å². The van der Waals surface area contributed by atoms with Gasteiger partial charge in [-0.2, -0.15) is 9.76 Å². The number of hydrogen-bond donors (Lipinski definition) is 3. The van der Waals surface area contributed by atoms with Crippen LogP contribution in [0.4, 0.5) is 0 Å². The Balaban J connectivity index is 3.18. The van der Waals surface area contributed by atoms with E-state index < -0.39 is 38.1 Å². The summed E-state index contributed by atoms with van der Waals surface area (Å²) >= 11 is 0. The second-order valence-corrected chi connectivity index (χ2v) is 9.66. The van der Waals surface area contributed by atoms with Crippen LogP contribution in [0.1, 0.15) is 34.1 Å². The molecule has 5 atom stereocenters. The van der Waals surface area contributed by atoms with Crippen LogP contribution in [0, 0.1) is 11.8 Å². The highest BCUT2D eigenvalue weighted by atomic mass is 31.2. The fourth-order valence-corrected chi connectivity index (χ4v) is 5.33. The number of nitrogens with zero attached hydrogens (tertiary/aromatic N) is 1. The minimum atomic E-state index is -3.14. The summed E-state index contributed by atoms with van der Waals surface area (Å²) in [6.45, 7) is 9.18. The molecule has 8 heteroatoms. The van der Waals surface area contributed by atoms with Crippen molar-refractivity contribution in [1.82, 2.24) is 9.76 Å². The Labute approximate surface area is 139 Å². The molecule has 1 saturated heterocycles. The number of β-amino-alcohol motifs (C(OH)–C–C–N with tert-alkyl or cyclic N) is 1. The first-order chi connectivity index (χ1) is 10.5. The van der Waals surface area contributed by atoms with Crippen LogP contribution in [0.15, 0.2) is 0 Å². The van der Waals surface area contributed by atoms with Gasteiger partial charge >= 0.3 is 5.97 Å². The first-order valence-corrected chi connectivity index (χ1v) is 10.2. The van der Waals surface area contributed by atoms with Gasteiger partial charge in [0.15, 0.2) is 0 Å². The average Bonchev–Trinajstić information content (AvgIpc) is 2.53. The fourth-order valence-electron chi connectivity index (χ4n) is 2.98. The third-order valence-corrected chi connectivity index (χ3v) is 6.46. The smallest absolute Gasteiger partial charge is 0.326 e. The van der Waals surface area contributed by atoms with Gasteiger partial charge in [-0.15, -0.1) is 0 Å². The van der Waals surface area contributed by atoms with E-state index in [4.69, 9.17) is 4.74 Å². The van der Waals surface area contributed by atoms with Crippen molar-refractivity contribution in [2.75, 3.05) is 20.3 Å². The molecule has 136 valence electrons. The van der Waals surface area contributed by atoms with Crippen LogP contribution >= 0.6 is 7.79 Å². The van der Waals surface area contributed by atoms with Gasteiger partial charge in [0.25, 0.3) is 0 Å². The SMILES string of the molecule is COC(=O)[C@H](CC(C)C)N1C[C@@H](O)[C@@H](O)[C@H](C(C)C)N[P+]1(C)[O-]. The zero-order valence-electron chi connectivity index (χ0n) is 14.9. The van der Waals surface area contributed by atoms with Gasteiger partial charge in [-0.05, 0) is 18.3 Å². The van der Waals surface area contributed by atoms with Crippen LogP contribution in [-0.4, -0.2) is 65.5 Å². The van der Waals surface area contributed by atoms with E-state index in [9.17, 15) is 19.9 Å². The lowest BCUT2D eigenvalue weighted by Gasteiger charge is -2.41. The van der Waals surface area contributed by atoms with Crippen molar-refractivity contribution in [2.45, 2.75) is 58.4 Å². The highest BCUT2D eigenvalue weighted by molar-refractivity contribution is 7.63. The molecule has 1 unspecified atom stereocenters. The van der Waals surface area contributed by atoms with Gasteiger partial charge in [-0.3, -0.25) is 4.79 Å². The van der Waals surface area contributed by atoms with Crippen molar-refractivity contribution >= 4 is 13.8 Å². The van der Waals surface area contributed by atoms with Gasteiger partial charge in [0.2, 0.25) is 0 Å². The lowest BCUT2D eigenvalue weighted by atomic mass is 9.95. The van der Waals surface area contributed by atoms with Crippen molar-refractivity contribution in [2.24, 2.45) is 11.8 Å². The number of nitrogens with one attached hydrogen (secondary N) is 1. The molecular weight excluding hydrogens is 319 g/mol. The highest BCUT2D eigenvalue weighted by Crippen LogP contribution is 2.51. The van der Waals surface area contributed by atoms with Gasteiger partial charge in [-0.1, -0.05) is 27.7 Å². The predicted octanol–water partition coefficient (Wildman–Crippen LogP) is -0.0216. The molecule has 0 aromatic heterocycles. The molecule has 1 fully saturated rings. The second-order valence-electron chi connectivity index (χ2n) is 7.13. The molecule has 0 aromatic rings. The van der Waals surface area contributed by atoms with Crippen molar-refractivity contribution < 1.29 is 24.6 Å². The maximum atomic E-state index is 13.2. The molecule has 3 N–H and O–H groups in total. The lowest BCUT2D eigenvalue weighted by Crippen LogP contribution is -2.50. The minimum Gasteiger partial charge on any atom is -0.651 e. The van der Waals surface area contributed by atoms with Crippen LogP contribution in [0.2, 0.25) is 0 Å². The lowest BCUT2D eigenvalue weighted by molar-refractivity contribution is -0.189. The maximum Gasteiger partial charge on any atom is 0.326 e. The monoisotopic (exact) mass is 350 g/mol. The van der Waals surface area contributed by atoms with Crippen molar-refractivity contribution in [3.05, 3.63) is 0 Å². The van der Waals surface area contributed by atoms with Crippen LogP contribution in [0.5, 0.6) is 0 Å². The zero-order valence-corrected chi connectivity index (χ0v) is 15.8. The topological polar surface area (TPSA) is 105 Å². The van der Waals surface area contributed by atoms with E-state index in [2.05, 4.69) is 5.09 Å². The molecule has 0 spiro atoms. The van der Waals surface area contributed by atoms with Crippen LogP contribution in [-0.2, 0) is 9.53 Å². The Morgan fingerprint density at radius 2 is 1.96 bits per heavy atom. The number of esters is 1. The summed E-state index contributed by atoms with van der Waals surface area (Å²) < 4.78 is 6.34. The van der Waals surface area contributed by atoms with E-state index >= 15 is 0 Å². The predicted molar refractivity (Wildman–Crippen MR) is 88.6 cm³/mol. The number of carbonyl (C=O) groups excluding carboxylic acids is 1. The normalized spacial score (nSPS) is 34.5. The number of rotatable bonds is 5. The first kappa shape index (κ1) is 20.7. The minimum absolute atomic E-state index is 0.0189. The molecule has 1 rings (SSSR count). The summed E-state index contributed by atoms with van der Waals surface area (Å²) in [5.41, 5.74) is 0. The van der Waals surface area contributed by atoms with E-state index in [0.717, 1.165) is 0 Å². The van der Waals surface area contributed by atoms with Gasteiger partial charge in [-0.25, -0.2) is 0 Å². The van der Waals surface area contributed by atoms with Gasteiger partial charge in [0.05, 0.1) is 32.5 Å². The van der Waals surface area contributed by atoms with E-state index in [1.165, 1.54) is 18.4 Å². The number of carbonyl (C=O) groups is 1. The summed E-state index contributed by atoms with van der Waals surface area (Å²) in [6, 6.07) is -1.24. The Morgan fingerprint density at radius 3 is 2.39 bits per heavy atom. The molecule has 0 amide bonds. The van der Waals surface area contributed by atoms with E-state index in [-0.39, 0.29) is 18.4 Å². The second kappa shape index (κ2) is 8.19. The summed E-state index contributed by atoms with van der Waals surface area (Å²) in [7, 11) is -1.85. The van der Waals surface area contributed by atoms with Gasteiger partial charge in [0.1, 0.15) is 19.9 Å². The molecule has 23 heavy (non-hydrogen) atoms. The van der Waals surface area contributed by atoms with Gasteiger partial charge < -0.3 is 19.8 Å². The maximum absolute atomic E-state index is 13.2. The van der Waals surface area contributed by atoms with E-state index in [1.54, 1.807) is 0 Å². The summed E-state index contributed by atoms with van der Waals surface area (Å²) in [6.07, 6.45) is -1.68. The van der Waals surface area contributed by atoms with Crippen LogP contribution in [0.25, 0.3) is 0 Å². The molecule has 0 aliphatic carbocycles. The molecule has 0 radical (unpaired) electrons. The van der Waals surface area contributed by atoms with Crippen molar-refractivity contribution in [3.8, 4) is 0 Å². The summed E-state index contributed by atoms with van der Waals surface area (Å²) in [5.74, 6) is -0.313. The molecule has 0 bridgehead atoms. The van der Waals surface area contributed by atoms with Crippen molar-refractivity contribution in [1.29, 1.82) is 0 Å². The number of aliphatic hydroxyl groups is 2. The fraction of sp³-hybridized carbons (Fsp3) is 0.933. The Morgan fingerprint density at radius 1 is 1.39 bits per heavy atom. The molecular formula is C15H31N2O5P. The average molecular weight is 350 g/mol. The molecule has 7 nitrogen and oxygen atoms in total. The molecule has 1 aliphatic rings. The zero-order chi connectivity index (χ0) is 17.9.